The topological polar surface area (TPSA) is 82.5 Å². The largest absolute Gasteiger partial charge is 0.481 e. The molecule has 1 heterocycles. The molecule has 0 unspecified atom stereocenters. The van der Waals surface area contributed by atoms with Crippen molar-refractivity contribution < 1.29 is 14.7 Å². The number of nitrogens with zero attached hydrogens (tertiary/aromatic N) is 2. The summed E-state index contributed by atoms with van der Waals surface area (Å²) in [5.74, 6) is 0.439. The van der Waals surface area contributed by atoms with E-state index in [4.69, 9.17) is 5.11 Å². The van der Waals surface area contributed by atoms with E-state index in [-0.39, 0.29) is 12.5 Å². The molecule has 0 spiro atoms. The molecule has 2 aliphatic carbocycles. The number of rotatable bonds is 7. The van der Waals surface area contributed by atoms with Gasteiger partial charge in [0.2, 0.25) is 0 Å². The number of carboxylic acids is 1. The minimum atomic E-state index is -0.796. The Morgan fingerprint density at radius 1 is 1.09 bits per heavy atom. The van der Waals surface area contributed by atoms with Crippen LogP contribution in [0.4, 0.5) is 9.93 Å². The predicted molar refractivity (Wildman–Crippen MR) is 133 cm³/mol. The normalized spacial score (nSPS) is 22.8. The first kappa shape index (κ1) is 25.3. The molecule has 1 aromatic heterocycles. The van der Waals surface area contributed by atoms with E-state index in [2.05, 4.69) is 36.0 Å². The number of urea groups is 1. The molecule has 1 aromatic rings. The molecule has 3 rings (SSSR count). The van der Waals surface area contributed by atoms with E-state index >= 15 is 0 Å². The van der Waals surface area contributed by atoms with Crippen molar-refractivity contribution in [3.05, 3.63) is 6.20 Å². The van der Waals surface area contributed by atoms with Crippen LogP contribution in [0.5, 0.6) is 0 Å². The summed E-state index contributed by atoms with van der Waals surface area (Å²) in [6.07, 6.45) is 13.5. The first-order valence-electron chi connectivity index (χ1n) is 12.1. The quantitative estimate of drug-likeness (QED) is 0.328. The maximum Gasteiger partial charge on any atom is 0.324 e. The smallest absolute Gasteiger partial charge is 0.324 e. The molecule has 32 heavy (non-hydrogen) atoms. The molecule has 2 amide bonds. The van der Waals surface area contributed by atoms with E-state index in [0.717, 1.165) is 35.8 Å². The third kappa shape index (κ3) is 7.37. The summed E-state index contributed by atoms with van der Waals surface area (Å²) in [4.78, 5) is 30.8. The van der Waals surface area contributed by atoms with Crippen molar-refractivity contribution in [2.24, 2.45) is 11.3 Å². The number of carbonyl (C=O) groups excluding carboxylic acids is 1. The van der Waals surface area contributed by atoms with Crippen LogP contribution in [-0.2, 0) is 4.79 Å². The molecular weight excluding hydrogens is 442 g/mol. The van der Waals surface area contributed by atoms with Crippen molar-refractivity contribution in [3.8, 4) is 0 Å². The summed E-state index contributed by atoms with van der Waals surface area (Å²) in [6, 6.07) is 0.617. The van der Waals surface area contributed by atoms with Gasteiger partial charge in [-0.2, -0.15) is 0 Å². The third-order valence-corrected chi connectivity index (χ3v) is 9.14. The van der Waals surface area contributed by atoms with Gasteiger partial charge in [0, 0.05) is 17.8 Å². The van der Waals surface area contributed by atoms with Crippen molar-refractivity contribution in [3.63, 3.8) is 0 Å². The monoisotopic (exact) mass is 481 g/mol. The Hall–Kier alpha value is -1.28. The van der Waals surface area contributed by atoms with Crippen LogP contribution in [0.2, 0.25) is 0 Å². The average Bonchev–Trinajstić information content (AvgIpc) is 2.99. The zero-order valence-electron chi connectivity index (χ0n) is 19.8. The van der Waals surface area contributed by atoms with Crippen molar-refractivity contribution >= 4 is 40.2 Å². The summed E-state index contributed by atoms with van der Waals surface area (Å²) < 4.78 is 0.938. The van der Waals surface area contributed by atoms with Gasteiger partial charge in [-0.1, -0.05) is 57.8 Å². The number of aliphatic carboxylic acids is 1. The number of nitrogens with one attached hydrogen (secondary N) is 1. The highest BCUT2D eigenvalue weighted by Gasteiger charge is 2.36. The van der Waals surface area contributed by atoms with E-state index in [1.54, 1.807) is 6.20 Å². The summed E-state index contributed by atoms with van der Waals surface area (Å²) >= 11 is 2.91. The van der Waals surface area contributed by atoms with Crippen LogP contribution in [0.1, 0.15) is 91.4 Å². The van der Waals surface area contributed by atoms with Crippen LogP contribution in [0.15, 0.2) is 10.4 Å². The van der Waals surface area contributed by atoms with Gasteiger partial charge < -0.3 is 10.0 Å². The lowest BCUT2D eigenvalue weighted by molar-refractivity contribution is -0.136. The summed E-state index contributed by atoms with van der Waals surface area (Å²) in [7, 11) is 0. The fourth-order valence-electron chi connectivity index (χ4n) is 5.16. The number of hydrogen-bond acceptors (Lipinski definition) is 5. The Morgan fingerprint density at radius 3 is 2.31 bits per heavy atom. The van der Waals surface area contributed by atoms with Gasteiger partial charge in [0.25, 0.3) is 0 Å². The van der Waals surface area contributed by atoms with Crippen molar-refractivity contribution in [2.75, 3.05) is 11.1 Å². The number of thiazole rings is 1. The van der Waals surface area contributed by atoms with Gasteiger partial charge in [-0.05, 0) is 49.9 Å². The molecular formula is C24H39N3O3S2. The second-order valence-corrected chi connectivity index (χ2v) is 12.8. The van der Waals surface area contributed by atoms with Crippen LogP contribution in [-0.4, -0.2) is 44.8 Å². The van der Waals surface area contributed by atoms with Gasteiger partial charge in [0.05, 0.1) is 16.8 Å². The molecule has 0 aliphatic heterocycles. The fraction of sp³-hybridized carbons (Fsp3) is 0.792. The molecule has 6 nitrogen and oxygen atoms in total. The van der Waals surface area contributed by atoms with E-state index in [9.17, 15) is 9.59 Å². The predicted octanol–water partition coefficient (Wildman–Crippen LogP) is 6.87. The second-order valence-electron chi connectivity index (χ2n) is 10.3. The van der Waals surface area contributed by atoms with E-state index in [1.165, 1.54) is 61.6 Å². The summed E-state index contributed by atoms with van der Waals surface area (Å²) in [5, 5.41) is 12.5. The van der Waals surface area contributed by atoms with Crippen LogP contribution in [0.25, 0.3) is 0 Å². The Kier molecular flexibility index (Phi) is 9.29. The first-order valence-corrected chi connectivity index (χ1v) is 13.9. The number of aromatic nitrogens is 1. The lowest BCUT2D eigenvalue weighted by Gasteiger charge is -2.43. The number of carbonyl (C=O) groups is 2. The van der Waals surface area contributed by atoms with E-state index in [0.29, 0.717) is 28.4 Å². The molecule has 0 radical (unpaired) electrons. The van der Waals surface area contributed by atoms with Gasteiger partial charge in [0.1, 0.15) is 0 Å². The van der Waals surface area contributed by atoms with Crippen LogP contribution < -0.4 is 5.32 Å². The molecule has 2 fully saturated rings. The zero-order chi connectivity index (χ0) is 23.1. The molecule has 2 aliphatic rings. The zero-order valence-corrected chi connectivity index (χ0v) is 21.4. The summed E-state index contributed by atoms with van der Waals surface area (Å²) in [6.45, 7) is 7.01. The van der Waals surface area contributed by atoms with Crippen LogP contribution in [0, 0.1) is 11.3 Å². The number of thioether (sulfide) groups is 1. The van der Waals surface area contributed by atoms with Crippen molar-refractivity contribution in [2.45, 2.75) is 108 Å². The standard InChI is InChI=1S/C24H39N3O3S2/c1-24(2,3)17-10-12-19(13-11-17)27(18-8-6-4-5-7-9-18)23(30)26-22-25-16-21(32-22)31-15-14-20(28)29/h16-19H,4-15H2,1-3H3,(H,28,29)(H,25,26,30). The maximum atomic E-state index is 13.5. The molecule has 180 valence electrons. The van der Waals surface area contributed by atoms with E-state index in [1.807, 2.05) is 0 Å². The SMILES string of the molecule is CC(C)(C)C1CCC(N(C(=O)Nc2ncc(SCCC(=O)O)s2)C2CCCCCC2)CC1. The minimum Gasteiger partial charge on any atom is -0.481 e. The molecule has 2 saturated carbocycles. The third-order valence-electron chi connectivity index (χ3n) is 7.03. The summed E-state index contributed by atoms with van der Waals surface area (Å²) in [5.41, 5.74) is 0.329. The van der Waals surface area contributed by atoms with Crippen molar-refractivity contribution in [1.82, 2.24) is 9.88 Å². The number of hydrogen-bond donors (Lipinski definition) is 2. The van der Waals surface area contributed by atoms with Crippen LogP contribution >= 0.6 is 23.1 Å². The molecule has 0 aromatic carbocycles. The highest BCUT2D eigenvalue weighted by atomic mass is 32.2. The maximum absolute atomic E-state index is 13.5. The second kappa shape index (κ2) is 11.7. The Bertz CT molecular complexity index is 746. The van der Waals surface area contributed by atoms with Gasteiger partial charge >= 0.3 is 12.0 Å². The molecule has 0 saturated heterocycles. The Labute approximate surface area is 200 Å². The molecule has 0 bridgehead atoms. The van der Waals surface area contributed by atoms with Gasteiger partial charge in [-0.3, -0.25) is 10.1 Å². The molecule has 8 heteroatoms. The number of carboxylic acid groups (broad SMARTS) is 1. The van der Waals surface area contributed by atoms with Gasteiger partial charge in [-0.15, -0.1) is 11.8 Å². The van der Waals surface area contributed by atoms with Crippen LogP contribution in [0.3, 0.4) is 0 Å². The fourth-order valence-corrected chi connectivity index (χ4v) is 7.03. The Balaban J connectivity index is 1.66. The number of amides is 2. The average molecular weight is 482 g/mol. The lowest BCUT2D eigenvalue weighted by atomic mass is 9.71. The minimum absolute atomic E-state index is 0.00690. The molecule has 2 N–H and O–H groups in total. The highest BCUT2D eigenvalue weighted by Crippen LogP contribution is 2.40. The highest BCUT2D eigenvalue weighted by molar-refractivity contribution is 8.01. The van der Waals surface area contributed by atoms with Gasteiger partial charge in [0.15, 0.2) is 5.13 Å². The van der Waals surface area contributed by atoms with E-state index < -0.39 is 5.97 Å². The first-order chi connectivity index (χ1) is 15.2. The van der Waals surface area contributed by atoms with Crippen molar-refractivity contribution in [1.29, 1.82) is 0 Å². The Morgan fingerprint density at radius 2 is 1.72 bits per heavy atom. The van der Waals surface area contributed by atoms with Gasteiger partial charge in [-0.25, -0.2) is 9.78 Å². The lowest BCUT2D eigenvalue weighted by Crippen LogP contribution is -2.50. The molecule has 0 atom stereocenters. The number of anilines is 1.